The third-order valence-electron chi connectivity index (χ3n) is 5.56. The van der Waals surface area contributed by atoms with Crippen LogP contribution in [0.1, 0.15) is 35.2 Å². The van der Waals surface area contributed by atoms with Crippen molar-refractivity contribution in [3.05, 3.63) is 63.6 Å². The molecule has 172 valence electrons. The highest BCUT2D eigenvalue weighted by molar-refractivity contribution is 6.35. The Kier molecular flexibility index (Phi) is 9.36. The summed E-state index contributed by atoms with van der Waals surface area (Å²) in [5.74, 6) is -0.474. The Hall–Kier alpha value is -2.12. The first-order valence-corrected chi connectivity index (χ1v) is 11.6. The van der Waals surface area contributed by atoms with Gasteiger partial charge in [0.1, 0.15) is 0 Å². The first-order chi connectivity index (χ1) is 15.5. The molecule has 0 spiro atoms. The Balaban J connectivity index is 1.61. The molecule has 0 bridgehead atoms. The Morgan fingerprint density at radius 3 is 2.62 bits per heavy atom. The Morgan fingerprint density at radius 2 is 1.88 bits per heavy atom. The number of hydrogen-bond donors (Lipinski definition) is 2. The second-order valence-corrected chi connectivity index (χ2v) is 8.73. The van der Waals surface area contributed by atoms with Crippen molar-refractivity contribution in [2.75, 3.05) is 38.7 Å². The van der Waals surface area contributed by atoms with Crippen molar-refractivity contribution in [2.24, 2.45) is 5.92 Å². The summed E-state index contributed by atoms with van der Waals surface area (Å²) in [5.41, 5.74) is 1.86. The van der Waals surface area contributed by atoms with Crippen molar-refractivity contribution in [1.82, 2.24) is 10.2 Å². The van der Waals surface area contributed by atoms with Crippen molar-refractivity contribution >= 4 is 40.7 Å². The molecule has 1 aliphatic rings. The van der Waals surface area contributed by atoms with Crippen molar-refractivity contribution in [3.8, 4) is 0 Å². The van der Waals surface area contributed by atoms with Gasteiger partial charge in [-0.3, -0.25) is 14.5 Å². The molecule has 8 heteroatoms. The van der Waals surface area contributed by atoms with Crippen LogP contribution in [0.15, 0.2) is 42.5 Å². The summed E-state index contributed by atoms with van der Waals surface area (Å²) in [6.45, 7) is 3.18. The monoisotopic (exact) mass is 477 g/mol. The molecule has 2 aromatic rings. The highest BCUT2D eigenvalue weighted by Crippen LogP contribution is 2.28. The molecular weight excluding hydrogens is 449 g/mol. The van der Waals surface area contributed by atoms with Crippen LogP contribution < -0.4 is 10.6 Å². The summed E-state index contributed by atoms with van der Waals surface area (Å²) < 4.78 is 5.01. The molecule has 6 nitrogen and oxygen atoms in total. The van der Waals surface area contributed by atoms with Gasteiger partial charge in [-0.05, 0) is 50.1 Å². The van der Waals surface area contributed by atoms with Crippen LogP contribution in [-0.4, -0.2) is 50.1 Å². The lowest BCUT2D eigenvalue weighted by Crippen LogP contribution is -2.40. The highest BCUT2D eigenvalue weighted by atomic mass is 35.5. The number of nitrogens with one attached hydrogen (secondary N) is 2. The number of nitrogens with zero attached hydrogens (tertiary/aromatic N) is 1. The molecule has 0 saturated carbocycles. The van der Waals surface area contributed by atoms with Crippen molar-refractivity contribution in [1.29, 1.82) is 0 Å². The van der Waals surface area contributed by atoms with Crippen LogP contribution in [0, 0.1) is 5.92 Å². The Bertz CT molecular complexity index is 918. The maximum Gasteiger partial charge on any atom is 0.253 e. The van der Waals surface area contributed by atoms with E-state index in [1.165, 1.54) is 0 Å². The maximum absolute atomic E-state index is 13.0. The summed E-state index contributed by atoms with van der Waals surface area (Å²) in [4.78, 5) is 27.8. The average Bonchev–Trinajstić information content (AvgIpc) is 2.80. The van der Waals surface area contributed by atoms with Gasteiger partial charge in [0.05, 0.1) is 17.2 Å². The lowest BCUT2D eigenvalue weighted by molar-refractivity contribution is -0.121. The number of benzene rings is 2. The number of amides is 2. The van der Waals surface area contributed by atoms with E-state index >= 15 is 0 Å². The van der Waals surface area contributed by atoms with Gasteiger partial charge in [0, 0.05) is 49.0 Å². The molecule has 2 amide bonds. The SMILES string of the molecule is COCCCNC(=O)c1ccccc1NC(=O)C1CCCN(Cc2c(Cl)cccc2Cl)C1. The summed E-state index contributed by atoms with van der Waals surface area (Å²) in [7, 11) is 1.63. The summed E-state index contributed by atoms with van der Waals surface area (Å²) >= 11 is 12.6. The van der Waals surface area contributed by atoms with E-state index in [0.717, 1.165) is 31.4 Å². The van der Waals surface area contributed by atoms with Gasteiger partial charge >= 0.3 is 0 Å². The number of halogens is 2. The number of rotatable bonds is 9. The summed E-state index contributed by atoms with van der Waals surface area (Å²) in [6.07, 6.45) is 2.43. The van der Waals surface area contributed by atoms with E-state index in [9.17, 15) is 9.59 Å². The zero-order chi connectivity index (χ0) is 22.9. The predicted molar refractivity (Wildman–Crippen MR) is 128 cm³/mol. The molecule has 2 N–H and O–H groups in total. The number of carbonyl (C=O) groups excluding carboxylic acids is 2. The number of anilines is 1. The van der Waals surface area contributed by atoms with Crippen molar-refractivity contribution in [2.45, 2.75) is 25.8 Å². The van der Waals surface area contributed by atoms with E-state index in [1.54, 1.807) is 25.3 Å². The average molecular weight is 478 g/mol. The third kappa shape index (κ3) is 6.69. The third-order valence-corrected chi connectivity index (χ3v) is 6.27. The molecule has 1 heterocycles. The minimum absolute atomic E-state index is 0.0837. The number of ether oxygens (including phenoxy) is 1. The van der Waals surface area contributed by atoms with E-state index in [1.807, 2.05) is 24.3 Å². The van der Waals surface area contributed by atoms with Crippen LogP contribution in [0.4, 0.5) is 5.69 Å². The van der Waals surface area contributed by atoms with E-state index in [-0.39, 0.29) is 17.7 Å². The number of methoxy groups -OCH3 is 1. The normalized spacial score (nSPS) is 16.5. The van der Waals surface area contributed by atoms with E-state index in [4.69, 9.17) is 27.9 Å². The number of hydrogen-bond acceptors (Lipinski definition) is 4. The fourth-order valence-corrected chi connectivity index (χ4v) is 4.38. The smallest absolute Gasteiger partial charge is 0.253 e. The second-order valence-electron chi connectivity index (χ2n) is 7.91. The first-order valence-electron chi connectivity index (χ1n) is 10.8. The molecule has 1 aliphatic heterocycles. The molecule has 0 aliphatic carbocycles. The molecule has 1 fully saturated rings. The topological polar surface area (TPSA) is 70.7 Å². The largest absolute Gasteiger partial charge is 0.385 e. The first kappa shape index (κ1) is 24.5. The van der Waals surface area contributed by atoms with Crippen LogP contribution in [-0.2, 0) is 16.1 Å². The van der Waals surface area contributed by atoms with Gasteiger partial charge in [0.15, 0.2) is 0 Å². The lowest BCUT2D eigenvalue weighted by atomic mass is 9.96. The number of carbonyl (C=O) groups is 2. The molecule has 1 unspecified atom stereocenters. The second kappa shape index (κ2) is 12.2. The molecular formula is C24H29Cl2N3O3. The van der Waals surface area contributed by atoms with Crippen LogP contribution in [0.3, 0.4) is 0 Å². The molecule has 0 radical (unpaired) electrons. The van der Waals surface area contributed by atoms with E-state index in [0.29, 0.717) is 47.5 Å². The van der Waals surface area contributed by atoms with Gasteiger partial charge in [0.25, 0.3) is 5.91 Å². The number of likely N-dealkylation sites (tertiary alicyclic amines) is 1. The Morgan fingerprint density at radius 1 is 1.12 bits per heavy atom. The molecule has 3 rings (SSSR count). The van der Waals surface area contributed by atoms with Crippen molar-refractivity contribution in [3.63, 3.8) is 0 Å². The van der Waals surface area contributed by atoms with Gasteiger partial charge in [-0.25, -0.2) is 0 Å². The lowest BCUT2D eigenvalue weighted by Gasteiger charge is -2.32. The molecule has 2 aromatic carbocycles. The van der Waals surface area contributed by atoms with Crippen molar-refractivity contribution < 1.29 is 14.3 Å². The van der Waals surface area contributed by atoms with Gasteiger partial charge in [-0.2, -0.15) is 0 Å². The zero-order valence-electron chi connectivity index (χ0n) is 18.2. The minimum Gasteiger partial charge on any atom is -0.385 e. The van der Waals surface area contributed by atoms with Crippen LogP contribution in [0.2, 0.25) is 10.0 Å². The number of para-hydroxylation sites is 1. The quantitative estimate of drug-likeness (QED) is 0.517. The van der Waals surface area contributed by atoms with Gasteiger partial charge < -0.3 is 15.4 Å². The molecule has 1 saturated heterocycles. The fourth-order valence-electron chi connectivity index (χ4n) is 3.86. The van der Waals surface area contributed by atoms with Crippen LogP contribution in [0.5, 0.6) is 0 Å². The van der Waals surface area contributed by atoms with Crippen LogP contribution >= 0.6 is 23.2 Å². The highest BCUT2D eigenvalue weighted by Gasteiger charge is 2.27. The van der Waals surface area contributed by atoms with Gasteiger partial charge in [-0.15, -0.1) is 0 Å². The molecule has 0 aromatic heterocycles. The minimum atomic E-state index is -0.212. The number of piperidine rings is 1. The van der Waals surface area contributed by atoms with Gasteiger partial charge in [0.2, 0.25) is 5.91 Å². The predicted octanol–water partition coefficient (Wildman–Crippen LogP) is 4.61. The van der Waals surface area contributed by atoms with E-state index in [2.05, 4.69) is 15.5 Å². The maximum atomic E-state index is 13.0. The standard InChI is InChI=1S/C24H29Cl2N3O3/c1-32-14-6-12-27-24(31)18-8-2-3-11-22(18)28-23(30)17-7-5-13-29(15-17)16-19-20(25)9-4-10-21(19)26/h2-4,8-11,17H,5-7,12-16H2,1H3,(H,27,31)(H,28,30). The summed E-state index contributed by atoms with van der Waals surface area (Å²) in [6, 6.07) is 12.5. The Labute approximate surface area is 199 Å². The summed E-state index contributed by atoms with van der Waals surface area (Å²) in [5, 5.41) is 7.10. The van der Waals surface area contributed by atoms with Gasteiger partial charge in [-0.1, -0.05) is 41.4 Å². The zero-order valence-corrected chi connectivity index (χ0v) is 19.7. The van der Waals surface area contributed by atoms with E-state index < -0.39 is 0 Å². The van der Waals surface area contributed by atoms with Crippen LogP contribution in [0.25, 0.3) is 0 Å². The molecule has 32 heavy (non-hydrogen) atoms. The fraction of sp³-hybridized carbons (Fsp3) is 0.417. The molecule has 1 atom stereocenters.